The van der Waals surface area contributed by atoms with E-state index in [4.69, 9.17) is 4.52 Å². The van der Waals surface area contributed by atoms with Gasteiger partial charge in [-0.25, -0.2) is 0 Å². The van der Waals surface area contributed by atoms with Crippen LogP contribution in [0.4, 0.5) is 0 Å². The topological polar surface area (TPSA) is 71.2 Å². The molecule has 2 N–H and O–H groups in total. The minimum atomic E-state index is -0.264. The molecule has 1 unspecified atom stereocenters. The molecule has 5 nitrogen and oxygen atoms in total. The van der Waals surface area contributed by atoms with E-state index in [2.05, 4.69) is 33.8 Å². The van der Waals surface area contributed by atoms with E-state index in [1.807, 2.05) is 19.9 Å². The number of aliphatic hydroxyl groups is 1. The first-order valence-electron chi connectivity index (χ1n) is 7.76. The molecule has 2 heterocycles. The lowest BCUT2D eigenvalue weighted by Gasteiger charge is -2.32. The van der Waals surface area contributed by atoms with Crippen molar-refractivity contribution in [1.82, 2.24) is 15.5 Å². The Bertz CT molecular complexity index is 552. The number of hydrogen-bond acceptors (Lipinski definition) is 6. The van der Waals surface area contributed by atoms with Gasteiger partial charge in [-0.15, -0.1) is 11.3 Å². The second-order valence-corrected chi connectivity index (χ2v) is 7.16. The van der Waals surface area contributed by atoms with E-state index in [9.17, 15) is 5.11 Å². The Kier molecular flexibility index (Phi) is 6.11. The predicted molar refractivity (Wildman–Crippen MR) is 87.7 cm³/mol. The SMILES string of the molecule is CCCCc1nc(CNC(c2cccs2)C(C)(C)CO)no1. The van der Waals surface area contributed by atoms with E-state index in [0.29, 0.717) is 18.3 Å². The van der Waals surface area contributed by atoms with Crippen LogP contribution in [-0.2, 0) is 13.0 Å². The van der Waals surface area contributed by atoms with Gasteiger partial charge in [0.25, 0.3) is 0 Å². The Labute approximate surface area is 135 Å². The van der Waals surface area contributed by atoms with Crippen LogP contribution in [-0.4, -0.2) is 21.9 Å². The van der Waals surface area contributed by atoms with Crippen LogP contribution in [0.25, 0.3) is 0 Å². The lowest BCUT2D eigenvalue weighted by Crippen LogP contribution is -2.36. The highest BCUT2D eigenvalue weighted by Gasteiger charge is 2.31. The van der Waals surface area contributed by atoms with Gasteiger partial charge in [-0.2, -0.15) is 4.98 Å². The maximum atomic E-state index is 9.68. The number of nitrogens with zero attached hydrogens (tertiary/aromatic N) is 2. The summed E-state index contributed by atoms with van der Waals surface area (Å²) in [6.07, 6.45) is 3.01. The maximum absolute atomic E-state index is 9.68. The van der Waals surface area contributed by atoms with Gasteiger partial charge in [-0.1, -0.05) is 38.4 Å². The van der Waals surface area contributed by atoms with E-state index in [1.54, 1.807) is 11.3 Å². The quantitative estimate of drug-likeness (QED) is 0.740. The predicted octanol–water partition coefficient (Wildman–Crippen LogP) is 3.32. The highest BCUT2D eigenvalue weighted by Crippen LogP contribution is 2.35. The van der Waals surface area contributed by atoms with Crippen molar-refractivity contribution in [2.75, 3.05) is 6.61 Å². The van der Waals surface area contributed by atoms with Crippen LogP contribution in [0.2, 0.25) is 0 Å². The number of unbranched alkanes of at least 4 members (excludes halogenated alkanes) is 1. The Morgan fingerprint density at radius 3 is 2.91 bits per heavy atom. The summed E-state index contributed by atoms with van der Waals surface area (Å²) in [6, 6.07) is 4.16. The minimum Gasteiger partial charge on any atom is -0.396 e. The average molecular weight is 323 g/mol. The molecule has 0 aromatic carbocycles. The molecule has 0 aliphatic carbocycles. The Morgan fingerprint density at radius 1 is 1.45 bits per heavy atom. The van der Waals surface area contributed by atoms with Crippen LogP contribution in [0, 0.1) is 5.41 Å². The molecule has 0 fully saturated rings. The molecular weight excluding hydrogens is 298 g/mol. The van der Waals surface area contributed by atoms with Crippen LogP contribution >= 0.6 is 11.3 Å². The standard InChI is InChI=1S/C16H25N3O2S/c1-4-5-8-14-18-13(19-21-14)10-17-15(16(2,3)11-20)12-7-6-9-22-12/h6-7,9,15,17,20H,4-5,8,10-11H2,1-3H3. The van der Waals surface area contributed by atoms with Gasteiger partial charge in [0.05, 0.1) is 13.2 Å². The summed E-state index contributed by atoms with van der Waals surface area (Å²) < 4.78 is 5.25. The Balaban J connectivity index is 2.01. The molecule has 1 atom stereocenters. The molecule has 2 aromatic heterocycles. The molecule has 2 rings (SSSR count). The summed E-state index contributed by atoms with van der Waals surface area (Å²) in [4.78, 5) is 5.61. The van der Waals surface area contributed by atoms with E-state index < -0.39 is 0 Å². The smallest absolute Gasteiger partial charge is 0.226 e. The molecular formula is C16H25N3O2S. The van der Waals surface area contributed by atoms with Gasteiger partial charge in [0.1, 0.15) is 0 Å². The molecule has 0 spiro atoms. The first kappa shape index (κ1) is 17.1. The number of hydrogen-bond donors (Lipinski definition) is 2. The molecule has 0 saturated carbocycles. The van der Waals surface area contributed by atoms with Crippen LogP contribution < -0.4 is 5.32 Å². The molecule has 0 bridgehead atoms. The third-order valence-corrected chi connectivity index (χ3v) is 4.67. The van der Waals surface area contributed by atoms with Crippen molar-refractivity contribution >= 4 is 11.3 Å². The highest BCUT2D eigenvalue weighted by molar-refractivity contribution is 7.10. The highest BCUT2D eigenvalue weighted by atomic mass is 32.1. The third-order valence-electron chi connectivity index (χ3n) is 3.74. The van der Waals surface area contributed by atoms with E-state index >= 15 is 0 Å². The second-order valence-electron chi connectivity index (χ2n) is 6.18. The maximum Gasteiger partial charge on any atom is 0.226 e. The van der Waals surface area contributed by atoms with Crippen LogP contribution in [0.15, 0.2) is 22.0 Å². The lowest BCUT2D eigenvalue weighted by atomic mass is 9.84. The van der Waals surface area contributed by atoms with Gasteiger partial charge >= 0.3 is 0 Å². The summed E-state index contributed by atoms with van der Waals surface area (Å²) in [7, 11) is 0. The van der Waals surface area contributed by atoms with Crippen molar-refractivity contribution in [2.45, 2.75) is 52.6 Å². The number of aryl methyl sites for hydroxylation is 1. The van der Waals surface area contributed by atoms with Gasteiger partial charge in [-0.3, -0.25) is 0 Å². The molecule has 0 saturated heterocycles. The van der Waals surface area contributed by atoms with Crippen LogP contribution in [0.3, 0.4) is 0 Å². The number of aromatic nitrogens is 2. The van der Waals surface area contributed by atoms with Crippen molar-refractivity contribution in [3.63, 3.8) is 0 Å². The monoisotopic (exact) mass is 323 g/mol. The fourth-order valence-electron chi connectivity index (χ4n) is 2.29. The number of rotatable bonds is 9. The largest absolute Gasteiger partial charge is 0.396 e. The normalized spacial score (nSPS) is 13.5. The molecule has 0 amide bonds. The first-order chi connectivity index (χ1) is 10.6. The zero-order chi connectivity index (χ0) is 16.0. The van der Waals surface area contributed by atoms with Gasteiger partial charge < -0.3 is 14.9 Å². The van der Waals surface area contributed by atoms with Crippen molar-refractivity contribution in [3.8, 4) is 0 Å². The summed E-state index contributed by atoms with van der Waals surface area (Å²) in [6.45, 7) is 6.88. The zero-order valence-corrected chi connectivity index (χ0v) is 14.3. The lowest BCUT2D eigenvalue weighted by molar-refractivity contribution is 0.115. The molecule has 6 heteroatoms. The zero-order valence-electron chi connectivity index (χ0n) is 13.5. The van der Waals surface area contributed by atoms with Crippen molar-refractivity contribution in [2.24, 2.45) is 5.41 Å². The summed E-state index contributed by atoms with van der Waals surface area (Å²) in [5.74, 6) is 1.37. The van der Waals surface area contributed by atoms with Gasteiger partial charge in [0.15, 0.2) is 5.82 Å². The van der Waals surface area contributed by atoms with E-state index in [-0.39, 0.29) is 18.1 Å². The molecule has 22 heavy (non-hydrogen) atoms. The number of nitrogens with one attached hydrogen (secondary N) is 1. The fraction of sp³-hybridized carbons (Fsp3) is 0.625. The third kappa shape index (κ3) is 4.38. The van der Waals surface area contributed by atoms with Crippen LogP contribution in [0.5, 0.6) is 0 Å². The summed E-state index contributed by atoms with van der Waals surface area (Å²) in [5, 5.41) is 19.2. The molecule has 122 valence electrons. The fourth-order valence-corrected chi connectivity index (χ4v) is 3.30. The second kappa shape index (κ2) is 7.85. The summed E-state index contributed by atoms with van der Waals surface area (Å²) >= 11 is 1.69. The van der Waals surface area contributed by atoms with Crippen molar-refractivity contribution < 1.29 is 9.63 Å². The molecule has 2 aromatic rings. The van der Waals surface area contributed by atoms with Gasteiger partial charge in [-0.05, 0) is 17.9 Å². The Morgan fingerprint density at radius 2 is 2.27 bits per heavy atom. The average Bonchev–Trinajstić information content (AvgIpc) is 3.17. The van der Waals surface area contributed by atoms with E-state index in [1.165, 1.54) is 4.88 Å². The van der Waals surface area contributed by atoms with E-state index in [0.717, 1.165) is 19.3 Å². The van der Waals surface area contributed by atoms with Crippen molar-refractivity contribution in [3.05, 3.63) is 34.1 Å². The number of aliphatic hydroxyl groups excluding tert-OH is 1. The minimum absolute atomic E-state index is 0.0510. The summed E-state index contributed by atoms with van der Waals surface area (Å²) in [5.41, 5.74) is -0.264. The first-order valence-corrected chi connectivity index (χ1v) is 8.64. The molecule has 0 aliphatic heterocycles. The molecule has 0 aliphatic rings. The van der Waals surface area contributed by atoms with Crippen LogP contribution in [0.1, 0.15) is 56.2 Å². The van der Waals surface area contributed by atoms with Gasteiger partial charge in [0.2, 0.25) is 5.89 Å². The molecule has 0 radical (unpaired) electrons. The van der Waals surface area contributed by atoms with Crippen molar-refractivity contribution in [1.29, 1.82) is 0 Å². The number of thiophene rings is 1. The van der Waals surface area contributed by atoms with Gasteiger partial charge in [0, 0.05) is 22.8 Å². The Hall–Kier alpha value is -1.24.